The maximum absolute atomic E-state index is 13.0. The summed E-state index contributed by atoms with van der Waals surface area (Å²) < 4.78 is 0.530. The molecule has 0 aromatic heterocycles. The van der Waals surface area contributed by atoms with E-state index in [0.29, 0.717) is 9.13 Å². The van der Waals surface area contributed by atoms with E-state index in [-0.39, 0.29) is 11.6 Å². The van der Waals surface area contributed by atoms with Gasteiger partial charge in [-0.25, -0.2) is 0 Å². The number of rotatable bonds is 5. The van der Waals surface area contributed by atoms with Crippen molar-refractivity contribution in [3.8, 4) is 0 Å². The molecule has 1 amide bonds. The number of nitro groups is 1. The van der Waals surface area contributed by atoms with Crippen molar-refractivity contribution < 1.29 is 9.72 Å². The molecule has 5 nitrogen and oxygen atoms in total. The predicted molar refractivity (Wildman–Crippen MR) is 113 cm³/mol. The molecule has 0 unspecified atom stereocenters. The fourth-order valence-corrected chi connectivity index (χ4v) is 3.69. The van der Waals surface area contributed by atoms with Crippen LogP contribution in [-0.2, 0) is 5.54 Å². The van der Waals surface area contributed by atoms with Crippen LogP contribution in [0.15, 0.2) is 78.9 Å². The molecule has 0 aliphatic rings. The Morgan fingerprint density at radius 1 is 0.963 bits per heavy atom. The van der Waals surface area contributed by atoms with Gasteiger partial charge in [-0.05, 0) is 46.7 Å². The molecule has 0 heterocycles. The number of halogens is 1. The van der Waals surface area contributed by atoms with Crippen LogP contribution in [0.4, 0.5) is 5.69 Å². The standard InChI is InChI=1S/C21H17IN2O3/c1-21(15-8-4-2-5-9-15,16-10-6-3-7-11-16)23-20(25)18-13-12-17(24(26)27)14-19(18)22/h2-14H,1H3,(H,23,25). The zero-order valence-corrected chi connectivity index (χ0v) is 16.7. The highest BCUT2D eigenvalue weighted by molar-refractivity contribution is 14.1. The van der Waals surface area contributed by atoms with Gasteiger partial charge in [-0.2, -0.15) is 0 Å². The van der Waals surface area contributed by atoms with Gasteiger partial charge in [-0.3, -0.25) is 14.9 Å². The van der Waals surface area contributed by atoms with Gasteiger partial charge in [0.2, 0.25) is 0 Å². The molecule has 6 heteroatoms. The molecule has 3 aromatic carbocycles. The van der Waals surface area contributed by atoms with Gasteiger partial charge in [-0.15, -0.1) is 0 Å². The minimum absolute atomic E-state index is 0.0372. The first-order chi connectivity index (χ1) is 12.9. The number of carbonyl (C=O) groups excluding carboxylic acids is 1. The Balaban J connectivity index is 2.01. The van der Waals surface area contributed by atoms with E-state index in [0.717, 1.165) is 11.1 Å². The molecular formula is C21H17IN2O3. The minimum atomic E-state index is -0.746. The second-order valence-electron chi connectivity index (χ2n) is 6.23. The number of hydrogen-bond donors (Lipinski definition) is 1. The molecule has 0 saturated heterocycles. The highest BCUT2D eigenvalue weighted by Crippen LogP contribution is 2.30. The van der Waals surface area contributed by atoms with Crippen molar-refractivity contribution in [3.63, 3.8) is 0 Å². The Hall–Kier alpha value is -2.74. The van der Waals surface area contributed by atoms with Crippen LogP contribution in [0, 0.1) is 13.7 Å². The Morgan fingerprint density at radius 2 is 1.48 bits per heavy atom. The van der Waals surface area contributed by atoms with Crippen molar-refractivity contribution in [2.75, 3.05) is 0 Å². The highest BCUT2D eigenvalue weighted by Gasteiger charge is 2.31. The van der Waals surface area contributed by atoms with Crippen LogP contribution in [0.25, 0.3) is 0 Å². The number of amides is 1. The summed E-state index contributed by atoms with van der Waals surface area (Å²) >= 11 is 1.95. The van der Waals surface area contributed by atoms with Gasteiger partial charge in [0.25, 0.3) is 11.6 Å². The quantitative estimate of drug-likeness (QED) is 0.327. The zero-order chi connectivity index (χ0) is 19.4. The first-order valence-corrected chi connectivity index (χ1v) is 9.37. The Morgan fingerprint density at radius 3 is 1.93 bits per heavy atom. The number of nitro benzene ring substituents is 1. The maximum atomic E-state index is 13.0. The highest BCUT2D eigenvalue weighted by atomic mass is 127. The van der Waals surface area contributed by atoms with E-state index < -0.39 is 10.5 Å². The summed E-state index contributed by atoms with van der Waals surface area (Å²) in [6.07, 6.45) is 0. The zero-order valence-electron chi connectivity index (χ0n) is 14.6. The Labute approximate surface area is 170 Å². The third-order valence-electron chi connectivity index (χ3n) is 4.47. The van der Waals surface area contributed by atoms with Gasteiger partial charge < -0.3 is 5.32 Å². The summed E-state index contributed by atoms with van der Waals surface area (Å²) in [6, 6.07) is 23.7. The summed E-state index contributed by atoms with van der Waals surface area (Å²) in [7, 11) is 0. The number of benzene rings is 3. The fourth-order valence-electron chi connectivity index (χ4n) is 2.95. The second kappa shape index (κ2) is 7.87. The number of non-ortho nitro benzene ring substituents is 1. The third kappa shape index (κ3) is 4.00. The van der Waals surface area contributed by atoms with Gasteiger partial charge in [0, 0.05) is 15.7 Å². The summed E-state index contributed by atoms with van der Waals surface area (Å²) in [6.45, 7) is 1.95. The molecule has 0 bridgehead atoms. The lowest BCUT2D eigenvalue weighted by atomic mass is 9.84. The molecule has 0 aliphatic carbocycles. The van der Waals surface area contributed by atoms with Crippen LogP contribution in [-0.4, -0.2) is 10.8 Å². The van der Waals surface area contributed by atoms with Crippen molar-refractivity contribution in [1.82, 2.24) is 5.32 Å². The molecule has 0 radical (unpaired) electrons. The van der Waals surface area contributed by atoms with Crippen LogP contribution < -0.4 is 5.32 Å². The first kappa shape index (κ1) is 19.0. The molecular weight excluding hydrogens is 455 g/mol. The lowest BCUT2D eigenvalue weighted by molar-refractivity contribution is -0.384. The Kier molecular flexibility index (Phi) is 5.55. The average molecular weight is 472 g/mol. The largest absolute Gasteiger partial charge is 0.339 e. The van der Waals surface area contributed by atoms with Crippen LogP contribution >= 0.6 is 22.6 Å². The molecule has 0 aliphatic heterocycles. The second-order valence-corrected chi connectivity index (χ2v) is 7.39. The topological polar surface area (TPSA) is 72.2 Å². The van der Waals surface area contributed by atoms with Gasteiger partial charge in [-0.1, -0.05) is 60.7 Å². The molecule has 0 fully saturated rings. The summed E-state index contributed by atoms with van der Waals surface area (Å²) in [5.41, 5.74) is 1.51. The van der Waals surface area contributed by atoms with E-state index in [1.54, 1.807) is 0 Å². The summed E-state index contributed by atoms with van der Waals surface area (Å²) in [5.74, 6) is -0.287. The number of nitrogens with zero attached hydrogens (tertiary/aromatic N) is 1. The lowest BCUT2D eigenvalue weighted by Crippen LogP contribution is -2.44. The van der Waals surface area contributed by atoms with E-state index >= 15 is 0 Å². The van der Waals surface area contributed by atoms with Crippen molar-refractivity contribution in [2.24, 2.45) is 0 Å². The molecule has 0 saturated carbocycles. The number of nitrogens with one attached hydrogen (secondary N) is 1. The molecule has 0 atom stereocenters. The molecule has 3 aromatic rings. The van der Waals surface area contributed by atoms with Crippen LogP contribution in [0.3, 0.4) is 0 Å². The molecule has 1 N–H and O–H groups in total. The number of hydrogen-bond acceptors (Lipinski definition) is 3. The molecule has 136 valence electrons. The monoisotopic (exact) mass is 472 g/mol. The molecule has 3 rings (SSSR count). The normalized spacial score (nSPS) is 11.0. The first-order valence-electron chi connectivity index (χ1n) is 8.29. The van der Waals surface area contributed by atoms with E-state index in [9.17, 15) is 14.9 Å². The van der Waals surface area contributed by atoms with E-state index in [2.05, 4.69) is 5.32 Å². The molecule has 0 spiro atoms. The fraction of sp³-hybridized carbons (Fsp3) is 0.0952. The molecule has 27 heavy (non-hydrogen) atoms. The van der Waals surface area contributed by atoms with Crippen LogP contribution in [0.2, 0.25) is 0 Å². The average Bonchev–Trinajstić information content (AvgIpc) is 2.69. The van der Waals surface area contributed by atoms with E-state index in [1.165, 1.54) is 18.2 Å². The SMILES string of the molecule is CC(NC(=O)c1ccc([N+](=O)[O-])cc1I)(c1ccccc1)c1ccccc1. The van der Waals surface area contributed by atoms with Crippen LogP contribution in [0.5, 0.6) is 0 Å². The maximum Gasteiger partial charge on any atom is 0.270 e. The minimum Gasteiger partial charge on any atom is -0.339 e. The number of carbonyl (C=O) groups is 1. The van der Waals surface area contributed by atoms with E-state index in [4.69, 9.17) is 0 Å². The summed E-state index contributed by atoms with van der Waals surface area (Å²) in [5, 5.41) is 14.1. The van der Waals surface area contributed by atoms with Crippen molar-refractivity contribution in [1.29, 1.82) is 0 Å². The smallest absolute Gasteiger partial charge is 0.270 e. The van der Waals surface area contributed by atoms with Gasteiger partial charge in [0.15, 0.2) is 0 Å². The van der Waals surface area contributed by atoms with Crippen molar-refractivity contribution >= 4 is 34.2 Å². The predicted octanol–water partition coefficient (Wildman–Crippen LogP) is 4.89. The third-order valence-corrected chi connectivity index (χ3v) is 5.37. The van der Waals surface area contributed by atoms with Crippen molar-refractivity contribution in [2.45, 2.75) is 12.5 Å². The lowest BCUT2D eigenvalue weighted by Gasteiger charge is -2.32. The van der Waals surface area contributed by atoms with Crippen molar-refractivity contribution in [3.05, 3.63) is 109 Å². The van der Waals surface area contributed by atoms with E-state index in [1.807, 2.05) is 90.2 Å². The van der Waals surface area contributed by atoms with Crippen LogP contribution in [0.1, 0.15) is 28.4 Å². The summed E-state index contributed by atoms with van der Waals surface area (Å²) in [4.78, 5) is 23.5. The van der Waals surface area contributed by atoms with Gasteiger partial charge in [0.1, 0.15) is 0 Å². The Bertz CT molecular complexity index is 936. The van der Waals surface area contributed by atoms with Gasteiger partial charge in [0.05, 0.1) is 16.0 Å². The van der Waals surface area contributed by atoms with Gasteiger partial charge >= 0.3 is 0 Å².